The number of carbonyl (C=O) groups excluding carboxylic acids is 1. The lowest BCUT2D eigenvalue weighted by Crippen LogP contribution is -2.10. The molecule has 0 bridgehead atoms. The van der Waals surface area contributed by atoms with Crippen LogP contribution in [-0.4, -0.2) is 32.0 Å². The Morgan fingerprint density at radius 3 is 2.54 bits per heavy atom. The monoisotopic (exact) mass is 348 g/mol. The van der Waals surface area contributed by atoms with Crippen molar-refractivity contribution in [2.45, 2.75) is 6.92 Å². The number of ether oxygens (including phenoxy) is 1. The van der Waals surface area contributed by atoms with Crippen molar-refractivity contribution in [3.05, 3.63) is 72.4 Å². The second-order valence-electron chi connectivity index (χ2n) is 5.28. The van der Waals surface area contributed by atoms with E-state index in [0.29, 0.717) is 11.4 Å². The summed E-state index contributed by atoms with van der Waals surface area (Å²) in [6, 6.07) is 14.9. The lowest BCUT2D eigenvalue weighted by molar-refractivity contribution is -0.141. The van der Waals surface area contributed by atoms with Gasteiger partial charge in [-0.05, 0) is 31.2 Å². The first-order chi connectivity index (χ1) is 12.7. The van der Waals surface area contributed by atoms with E-state index in [2.05, 4.69) is 5.10 Å². The number of hydrogen-bond donors (Lipinski definition) is 1. The molecule has 0 spiro atoms. The second-order valence-corrected chi connectivity index (χ2v) is 5.28. The summed E-state index contributed by atoms with van der Waals surface area (Å²) in [5.41, 5.74) is 0.891. The van der Waals surface area contributed by atoms with Gasteiger partial charge in [0.1, 0.15) is 17.5 Å². The molecule has 2 heterocycles. The minimum Gasteiger partial charge on any atom is -0.501 e. The number of aromatic nitrogens is 3. The van der Waals surface area contributed by atoms with Crippen LogP contribution >= 0.6 is 0 Å². The Bertz CT molecular complexity index is 980. The molecule has 1 N–H and O–H groups in total. The average Bonchev–Trinajstić information content (AvgIpc) is 3.32. The highest BCUT2D eigenvalue weighted by Gasteiger charge is 2.23. The lowest BCUT2D eigenvalue weighted by Gasteiger charge is -2.11. The normalized spacial score (nSPS) is 11.5. The third-order valence-corrected chi connectivity index (χ3v) is 3.68. The van der Waals surface area contributed by atoms with E-state index in [-0.39, 0.29) is 12.2 Å². The van der Waals surface area contributed by atoms with Gasteiger partial charge in [0.2, 0.25) is 5.76 Å². The molecule has 0 aliphatic heterocycles. The Kier molecular flexibility index (Phi) is 4.85. The molecule has 0 saturated heterocycles. The number of benzene rings is 1. The fourth-order valence-electron chi connectivity index (χ4n) is 2.54. The predicted octanol–water partition coefficient (Wildman–Crippen LogP) is 3.02. The van der Waals surface area contributed by atoms with E-state index >= 15 is 0 Å². The fraction of sp³-hybridized carbons (Fsp3) is 0.105. The van der Waals surface area contributed by atoms with Crippen molar-refractivity contribution < 1.29 is 14.6 Å². The predicted molar refractivity (Wildman–Crippen MR) is 94.7 cm³/mol. The van der Waals surface area contributed by atoms with Crippen molar-refractivity contribution in [2.24, 2.45) is 0 Å². The number of nitrogens with zero attached hydrogens (tertiary/aromatic N) is 4. The maximum atomic E-state index is 11.9. The first-order valence-electron chi connectivity index (χ1n) is 7.95. The summed E-state index contributed by atoms with van der Waals surface area (Å²) in [5, 5.41) is 24.1. The molecule has 3 rings (SSSR count). The Labute approximate surface area is 150 Å². The molecule has 0 fully saturated rings. The molecule has 0 amide bonds. The zero-order chi connectivity index (χ0) is 18.5. The number of rotatable bonds is 5. The Balaban J connectivity index is 2.23. The van der Waals surface area contributed by atoms with Gasteiger partial charge >= 0.3 is 5.97 Å². The van der Waals surface area contributed by atoms with E-state index < -0.39 is 11.7 Å². The number of nitriles is 1. The van der Waals surface area contributed by atoms with Crippen molar-refractivity contribution in [3.63, 3.8) is 0 Å². The molecular weight excluding hydrogens is 332 g/mol. The number of aliphatic hydroxyl groups excluding tert-OH is 1. The molecule has 3 aromatic rings. The third-order valence-electron chi connectivity index (χ3n) is 3.68. The molecule has 0 unspecified atom stereocenters. The van der Waals surface area contributed by atoms with E-state index in [1.807, 2.05) is 48.5 Å². The van der Waals surface area contributed by atoms with E-state index in [4.69, 9.17) is 4.74 Å². The van der Waals surface area contributed by atoms with Crippen LogP contribution in [0.3, 0.4) is 0 Å². The molecule has 0 saturated carbocycles. The lowest BCUT2D eigenvalue weighted by atomic mass is 10.1. The van der Waals surface area contributed by atoms with Crippen LogP contribution in [0, 0.1) is 11.3 Å². The van der Waals surface area contributed by atoms with E-state index in [1.165, 1.54) is 6.20 Å². The van der Waals surface area contributed by atoms with E-state index in [1.54, 1.807) is 28.6 Å². The van der Waals surface area contributed by atoms with Crippen LogP contribution in [0.1, 0.15) is 12.5 Å². The van der Waals surface area contributed by atoms with Gasteiger partial charge in [0.05, 0.1) is 24.1 Å². The summed E-state index contributed by atoms with van der Waals surface area (Å²) in [4.78, 5) is 11.9. The van der Waals surface area contributed by atoms with Crippen LogP contribution in [0.5, 0.6) is 0 Å². The van der Waals surface area contributed by atoms with Gasteiger partial charge in [-0.2, -0.15) is 10.4 Å². The van der Waals surface area contributed by atoms with Crippen molar-refractivity contribution in [1.82, 2.24) is 14.3 Å². The molecule has 7 heteroatoms. The van der Waals surface area contributed by atoms with Crippen LogP contribution < -0.4 is 0 Å². The fourth-order valence-corrected chi connectivity index (χ4v) is 2.54. The van der Waals surface area contributed by atoms with Crippen molar-refractivity contribution in [2.75, 3.05) is 6.61 Å². The van der Waals surface area contributed by atoms with Gasteiger partial charge in [0.25, 0.3) is 0 Å². The number of allylic oxidation sites excluding steroid dienone is 1. The molecule has 1 aromatic carbocycles. The van der Waals surface area contributed by atoms with E-state index in [9.17, 15) is 15.2 Å². The topological polar surface area (TPSA) is 93.1 Å². The molecule has 0 aliphatic rings. The van der Waals surface area contributed by atoms with Gasteiger partial charge < -0.3 is 14.4 Å². The van der Waals surface area contributed by atoms with Gasteiger partial charge in [-0.15, -0.1) is 0 Å². The number of aliphatic hydroxyl groups is 1. The summed E-state index contributed by atoms with van der Waals surface area (Å²) in [7, 11) is 0. The minimum absolute atomic E-state index is 0.0926. The molecule has 0 atom stereocenters. The zero-order valence-electron chi connectivity index (χ0n) is 14.0. The summed E-state index contributed by atoms with van der Waals surface area (Å²) < 4.78 is 8.18. The SMILES string of the molecule is CCOC(=O)/C(O)=C(\C#N)c1cnn(-c2ccccc2)c1-n1cccc1. The van der Waals surface area contributed by atoms with Gasteiger partial charge in [-0.25, -0.2) is 9.48 Å². The van der Waals surface area contributed by atoms with Crippen molar-refractivity contribution in [1.29, 1.82) is 5.26 Å². The van der Waals surface area contributed by atoms with Crippen molar-refractivity contribution in [3.8, 4) is 17.6 Å². The summed E-state index contributed by atoms with van der Waals surface area (Å²) >= 11 is 0. The smallest absolute Gasteiger partial charge is 0.374 e. The number of para-hydroxylation sites is 1. The van der Waals surface area contributed by atoms with Gasteiger partial charge in [0.15, 0.2) is 0 Å². The van der Waals surface area contributed by atoms with Crippen LogP contribution in [0.15, 0.2) is 66.8 Å². The van der Waals surface area contributed by atoms with Crippen LogP contribution in [0.25, 0.3) is 17.1 Å². The zero-order valence-corrected chi connectivity index (χ0v) is 14.0. The van der Waals surface area contributed by atoms with Crippen LogP contribution in [-0.2, 0) is 9.53 Å². The van der Waals surface area contributed by atoms with E-state index in [0.717, 1.165) is 5.69 Å². The highest BCUT2D eigenvalue weighted by atomic mass is 16.5. The van der Waals surface area contributed by atoms with Crippen LogP contribution in [0.2, 0.25) is 0 Å². The minimum atomic E-state index is -0.949. The number of carbonyl (C=O) groups is 1. The Morgan fingerprint density at radius 1 is 1.23 bits per heavy atom. The molecule has 26 heavy (non-hydrogen) atoms. The Morgan fingerprint density at radius 2 is 1.92 bits per heavy atom. The molecule has 2 aromatic heterocycles. The molecule has 0 radical (unpaired) electrons. The summed E-state index contributed by atoms with van der Waals surface area (Å²) in [6.07, 6.45) is 5.02. The Hall–Kier alpha value is -3.79. The van der Waals surface area contributed by atoms with Gasteiger partial charge in [0, 0.05) is 12.4 Å². The molecular formula is C19H16N4O3. The summed E-state index contributed by atoms with van der Waals surface area (Å²) in [5.74, 6) is -1.17. The largest absolute Gasteiger partial charge is 0.501 e. The third kappa shape index (κ3) is 3.08. The highest BCUT2D eigenvalue weighted by molar-refractivity contribution is 5.99. The number of esters is 1. The number of hydrogen-bond acceptors (Lipinski definition) is 5. The summed E-state index contributed by atoms with van der Waals surface area (Å²) in [6.45, 7) is 1.71. The van der Waals surface area contributed by atoms with Gasteiger partial charge in [-0.3, -0.25) is 0 Å². The van der Waals surface area contributed by atoms with Crippen molar-refractivity contribution >= 4 is 11.5 Å². The first kappa shape index (κ1) is 17.0. The van der Waals surface area contributed by atoms with Gasteiger partial charge in [-0.1, -0.05) is 18.2 Å². The first-order valence-corrected chi connectivity index (χ1v) is 7.95. The molecule has 7 nitrogen and oxygen atoms in total. The highest BCUT2D eigenvalue weighted by Crippen LogP contribution is 2.27. The molecule has 0 aliphatic carbocycles. The maximum absolute atomic E-state index is 11.9. The standard InChI is InChI=1S/C19H16N4O3/c1-2-26-19(25)17(24)15(12-20)16-13-21-23(14-8-4-3-5-9-14)18(16)22-10-6-7-11-22/h3-11,13,24H,2H2,1H3/b17-15-. The quantitative estimate of drug-likeness (QED) is 0.331. The average molecular weight is 348 g/mol. The molecule has 130 valence electrons. The second kappa shape index (κ2) is 7.40. The maximum Gasteiger partial charge on any atom is 0.374 e. The van der Waals surface area contributed by atoms with Crippen LogP contribution in [0.4, 0.5) is 0 Å².